The van der Waals surface area contributed by atoms with Crippen LogP contribution in [-0.2, 0) is 14.3 Å². The molecule has 0 spiro atoms. The molecule has 0 unspecified atom stereocenters. The van der Waals surface area contributed by atoms with Crippen LogP contribution in [-0.4, -0.2) is 71.9 Å². The molecule has 1 aromatic rings. The third-order valence-electron chi connectivity index (χ3n) is 4.33. The molecule has 27 heavy (non-hydrogen) atoms. The highest BCUT2D eigenvalue weighted by molar-refractivity contribution is 8.26. The fourth-order valence-electron chi connectivity index (χ4n) is 2.85. The number of rotatable bonds is 8. The molecule has 2 saturated heterocycles. The van der Waals surface area contributed by atoms with E-state index < -0.39 is 0 Å². The molecule has 0 saturated carbocycles. The summed E-state index contributed by atoms with van der Waals surface area (Å²) >= 11 is 6.50. The van der Waals surface area contributed by atoms with Gasteiger partial charge in [0.2, 0.25) is 5.91 Å². The number of amides is 2. The summed E-state index contributed by atoms with van der Waals surface area (Å²) in [6.07, 6.45) is 4.36. The number of thioether (sulfide) groups is 1. The molecule has 146 valence electrons. The first kappa shape index (κ1) is 20.1. The number of furan rings is 1. The first-order chi connectivity index (χ1) is 13.1. The van der Waals surface area contributed by atoms with Gasteiger partial charge in [0.15, 0.2) is 0 Å². The summed E-state index contributed by atoms with van der Waals surface area (Å²) in [5.41, 5.74) is 0. The summed E-state index contributed by atoms with van der Waals surface area (Å²) in [5.74, 6) is 0.357. The van der Waals surface area contributed by atoms with Gasteiger partial charge in [-0.15, -0.1) is 0 Å². The van der Waals surface area contributed by atoms with Gasteiger partial charge in [-0.3, -0.25) is 19.4 Å². The van der Waals surface area contributed by atoms with Crippen LogP contribution >= 0.6 is 24.0 Å². The molecule has 2 amide bonds. The van der Waals surface area contributed by atoms with Crippen LogP contribution in [0.2, 0.25) is 0 Å². The highest BCUT2D eigenvalue weighted by Crippen LogP contribution is 2.32. The van der Waals surface area contributed by atoms with Crippen LogP contribution in [0.1, 0.15) is 18.6 Å². The average molecular weight is 410 g/mol. The first-order valence-electron chi connectivity index (χ1n) is 8.99. The van der Waals surface area contributed by atoms with E-state index in [0.29, 0.717) is 21.5 Å². The molecule has 0 atom stereocenters. The second-order valence-electron chi connectivity index (χ2n) is 6.26. The Morgan fingerprint density at radius 2 is 2.15 bits per heavy atom. The maximum Gasteiger partial charge on any atom is 0.266 e. The number of carbonyl (C=O) groups is 2. The van der Waals surface area contributed by atoms with Gasteiger partial charge in [0, 0.05) is 38.7 Å². The Morgan fingerprint density at radius 3 is 2.89 bits per heavy atom. The zero-order valence-electron chi connectivity index (χ0n) is 15.0. The molecule has 2 fully saturated rings. The lowest BCUT2D eigenvalue weighted by Gasteiger charge is -2.26. The number of nitrogens with one attached hydrogen (secondary N) is 1. The summed E-state index contributed by atoms with van der Waals surface area (Å²) in [4.78, 5) is 28.8. The number of nitrogens with zero attached hydrogens (tertiary/aromatic N) is 2. The number of morpholine rings is 1. The quantitative estimate of drug-likeness (QED) is 0.398. The molecule has 7 nitrogen and oxygen atoms in total. The van der Waals surface area contributed by atoms with E-state index in [-0.39, 0.29) is 24.8 Å². The van der Waals surface area contributed by atoms with E-state index in [0.717, 1.165) is 39.3 Å². The van der Waals surface area contributed by atoms with Crippen molar-refractivity contribution in [3.8, 4) is 0 Å². The number of carbonyl (C=O) groups excluding carboxylic acids is 2. The molecule has 0 bridgehead atoms. The molecule has 3 heterocycles. The van der Waals surface area contributed by atoms with Crippen molar-refractivity contribution < 1.29 is 18.7 Å². The van der Waals surface area contributed by atoms with Gasteiger partial charge < -0.3 is 14.5 Å². The highest BCUT2D eigenvalue weighted by Gasteiger charge is 2.32. The van der Waals surface area contributed by atoms with Gasteiger partial charge >= 0.3 is 0 Å². The molecule has 2 aliphatic rings. The lowest BCUT2D eigenvalue weighted by Crippen LogP contribution is -2.38. The van der Waals surface area contributed by atoms with Crippen LogP contribution < -0.4 is 5.32 Å². The van der Waals surface area contributed by atoms with Gasteiger partial charge in [-0.25, -0.2) is 0 Å². The van der Waals surface area contributed by atoms with Crippen molar-refractivity contribution in [3.63, 3.8) is 0 Å². The summed E-state index contributed by atoms with van der Waals surface area (Å²) in [5, 5.41) is 2.91. The van der Waals surface area contributed by atoms with Crippen molar-refractivity contribution in [2.75, 3.05) is 45.9 Å². The minimum Gasteiger partial charge on any atom is -0.465 e. The minimum atomic E-state index is -0.179. The Kier molecular flexibility index (Phi) is 7.45. The van der Waals surface area contributed by atoms with E-state index in [1.165, 1.54) is 16.7 Å². The van der Waals surface area contributed by atoms with Crippen molar-refractivity contribution in [1.29, 1.82) is 0 Å². The van der Waals surface area contributed by atoms with E-state index in [1.807, 2.05) is 0 Å². The average Bonchev–Trinajstić information content (AvgIpc) is 3.27. The van der Waals surface area contributed by atoms with E-state index in [9.17, 15) is 9.59 Å². The predicted molar refractivity (Wildman–Crippen MR) is 108 cm³/mol. The fraction of sp³-hybridized carbons (Fsp3) is 0.500. The molecular formula is C18H23N3O4S2. The summed E-state index contributed by atoms with van der Waals surface area (Å²) in [6, 6.07) is 3.53. The summed E-state index contributed by atoms with van der Waals surface area (Å²) in [7, 11) is 0. The number of thiocarbonyl (C=S) groups is 1. The Morgan fingerprint density at radius 1 is 1.33 bits per heavy atom. The van der Waals surface area contributed by atoms with Crippen LogP contribution in [0.4, 0.5) is 0 Å². The lowest BCUT2D eigenvalue weighted by molar-refractivity contribution is -0.123. The molecule has 1 N–H and O–H groups in total. The molecular weight excluding hydrogens is 386 g/mol. The SMILES string of the molecule is O=C(CCN1C(=O)C(=Cc2ccco2)SC1=S)NCCCN1CCOCC1. The van der Waals surface area contributed by atoms with Gasteiger partial charge in [-0.1, -0.05) is 24.0 Å². The number of hydrogen-bond donors (Lipinski definition) is 1. The Balaban J connectivity index is 1.37. The maximum atomic E-state index is 12.5. The van der Waals surface area contributed by atoms with Crippen molar-refractivity contribution in [3.05, 3.63) is 29.1 Å². The standard InChI is InChI=1S/C18H23N3O4S2/c22-16(19-5-2-6-20-8-11-24-12-9-20)4-7-21-17(23)15(27-18(21)26)13-14-3-1-10-25-14/h1,3,10,13H,2,4-9,11-12H2,(H,19,22). The Hall–Kier alpha value is -1.68. The largest absolute Gasteiger partial charge is 0.465 e. The second-order valence-corrected chi connectivity index (χ2v) is 7.93. The normalized spacial score (nSPS) is 19.9. The Bertz CT molecular complexity index is 699. The number of ether oxygens (including phenoxy) is 1. The lowest BCUT2D eigenvalue weighted by atomic mass is 10.3. The zero-order chi connectivity index (χ0) is 19.1. The molecule has 0 radical (unpaired) electrons. The second kappa shape index (κ2) is 10.0. The van der Waals surface area contributed by atoms with Gasteiger partial charge in [0.05, 0.1) is 24.4 Å². The van der Waals surface area contributed by atoms with Gasteiger partial charge in [0.25, 0.3) is 5.91 Å². The third-order valence-corrected chi connectivity index (χ3v) is 5.71. The fourth-order valence-corrected chi connectivity index (χ4v) is 4.14. The van der Waals surface area contributed by atoms with Gasteiger partial charge in [0.1, 0.15) is 10.1 Å². The van der Waals surface area contributed by atoms with Crippen LogP contribution in [0, 0.1) is 0 Å². The first-order valence-corrected chi connectivity index (χ1v) is 10.2. The monoisotopic (exact) mass is 409 g/mol. The topological polar surface area (TPSA) is 75.0 Å². The molecule has 0 aromatic carbocycles. The van der Waals surface area contributed by atoms with Crippen molar-refractivity contribution >= 4 is 46.2 Å². The zero-order valence-corrected chi connectivity index (χ0v) is 16.7. The molecule has 0 aliphatic carbocycles. The van der Waals surface area contributed by atoms with Gasteiger partial charge in [-0.2, -0.15) is 0 Å². The van der Waals surface area contributed by atoms with Crippen LogP contribution in [0.3, 0.4) is 0 Å². The van der Waals surface area contributed by atoms with Crippen molar-refractivity contribution in [1.82, 2.24) is 15.1 Å². The smallest absolute Gasteiger partial charge is 0.266 e. The van der Waals surface area contributed by atoms with E-state index >= 15 is 0 Å². The molecule has 1 aromatic heterocycles. The van der Waals surface area contributed by atoms with Crippen LogP contribution in [0.15, 0.2) is 27.7 Å². The number of hydrogen-bond acceptors (Lipinski definition) is 7. The maximum absolute atomic E-state index is 12.5. The van der Waals surface area contributed by atoms with Crippen LogP contribution in [0.5, 0.6) is 0 Å². The van der Waals surface area contributed by atoms with Gasteiger partial charge in [-0.05, 0) is 25.1 Å². The third kappa shape index (κ3) is 5.90. The molecule has 2 aliphatic heterocycles. The van der Waals surface area contributed by atoms with Crippen LogP contribution in [0.25, 0.3) is 6.08 Å². The highest BCUT2D eigenvalue weighted by atomic mass is 32.2. The summed E-state index contributed by atoms with van der Waals surface area (Å²) in [6.45, 7) is 5.34. The molecule has 3 rings (SSSR count). The van der Waals surface area contributed by atoms with E-state index in [2.05, 4.69) is 10.2 Å². The minimum absolute atomic E-state index is 0.0685. The van der Waals surface area contributed by atoms with Crippen molar-refractivity contribution in [2.24, 2.45) is 0 Å². The summed E-state index contributed by atoms with van der Waals surface area (Å²) < 4.78 is 11.0. The Labute approximate surface area is 168 Å². The molecule has 9 heteroatoms. The van der Waals surface area contributed by atoms with E-state index in [1.54, 1.807) is 24.5 Å². The van der Waals surface area contributed by atoms with Crippen molar-refractivity contribution in [2.45, 2.75) is 12.8 Å². The van der Waals surface area contributed by atoms with E-state index in [4.69, 9.17) is 21.4 Å². The predicted octanol–water partition coefficient (Wildman–Crippen LogP) is 1.71.